The molecular weight excluding hydrogens is 320 g/mol. The number of hydrogen-bond acceptors (Lipinski definition) is 4. The molecule has 7 heteroatoms. The molecular formula is C18H18N4O3. The number of aryl methyl sites for hydroxylation is 1. The molecule has 0 atom stereocenters. The van der Waals surface area contributed by atoms with Gasteiger partial charge in [-0.2, -0.15) is 0 Å². The average Bonchev–Trinajstić information content (AvgIpc) is 3.00. The Bertz CT molecular complexity index is 962. The number of nitrogens with one attached hydrogen (secondary N) is 2. The maximum Gasteiger partial charge on any atom is 0.275 e. The van der Waals surface area contributed by atoms with Gasteiger partial charge in [-0.15, -0.1) is 0 Å². The van der Waals surface area contributed by atoms with E-state index in [1.165, 1.54) is 14.0 Å². The van der Waals surface area contributed by atoms with Crippen molar-refractivity contribution in [2.45, 2.75) is 13.8 Å². The van der Waals surface area contributed by atoms with Crippen molar-refractivity contribution in [3.63, 3.8) is 0 Å². The molecule has 0 radical (unpaired) electrons. The van der Waals surface area contributed by atoms with Crippen LogP contribution in [0.5, 0.6) is 5.75 Å². The zero-order valence-corrected chi connectivity index (χ0v) is 14.2. The van der Waals surface area contributed by atoms with Gasteiger partial charge in [-0.25, -0.2) is 4.98 Å². The van der Waals surface area contributed by atoms with Gasteiger partial charge >= 0.3 is 0 Å². The van der Waals surface area contributed by atoms with Crippen molar-refractivity contribution in [2.75, 3.05) is 17.7 Å². The lowest BCUT2D eigenvalue weighted by Gasteiger charge is -2.11. The number of benzene rings is 1. The van der Waals surface area contributed by atoms with Crippen LogP contribution < -0.4 is 15.4 Å². The molecule has 2 heterocycles. The molecule has 0 aliphatic heterocycles. The lowest BCUT2D eigenvalue weighted by atomic mass is 10.2. The fraction of sp³-hybridized carbons (Fsp3) is 0.167. The van der Waals surface area contributed by atoms with E-state index in [0.29, 0.717) is 28.5 Å². The molecule has 2 N–H and O–H groups in total. The number of carbonyl (C=O) groups is 2. The minimum Gasteiger partial charge on any atom is -0.495 e. The molecule has 3 aromatic rings. The summed E-state index contributed by atoms with van der Waals surface area (Å²) in [5.74, 6) is -0.0676. The van der Waals surface area contributed by atoms with Crippen molar-refractivity contribution in [1.29, 1.82) is 0 Å². The maximum atomic E-state index is 12.6. The fourth-order valence-corrected chi connectivity index (χ4v) is 2.53. The second kappa shape index (κ2) is 6.64. The highest BCUT2D eigenvalue weighted by molar-refractivity contribution is 6.04. The summed E-state index contributed by atoms with van der Waals surface area (Å²) in [7, 11) is 1.51. The van der Waals surface area contributed by atoms with Crippen molar-refractivity contribution in [3.05, 3.63) is 54.0 Å². The summed E-state index contributed by atoms with van der Waals surface area (Å²) in [6, 6.07) is 10.7. The first-order chi connectivity index (χ1) is 12.0. The lowest BCUT2D eigenvalue weighted by Crippen LogP contribution is -2.14. The molecule has 0 aliphatic carbocycles. The molecule has 7 nitrogen and oxygen atoms in total. The first kappa shape index (κ1) is 16.5. The molecule has 0 fully saturated rings. The Morgan fingerprint density at radius 2 is 1.96 bits per heavy atom. The van der Waals surface area contributed by atoms with Gasteiger partial charge in [0.15, 0.2) is 0 Å². The van der Waals surface area contributed by atoms with Crippen LogP contribution >= 0.6 is 0 Å². The van der Waals surface area contributed by atoms with Crippen LogP contribution in [-0.2, 0) is 4.79 Å². The lowest BCUT2D eigenvalue weighted by molar-refractivity contribution is -0.114. The number of carbonyl (C=O) groups excluding carboxylic acids is 2. The minimum atomic E-state index is -0.360. The molecule has 0 saturated heterocycles. The van der Waals surface area contributed by atoms with E-state index in [4.69, 9.17) is 4.74 Å². The highest BCUT2D eigenvalue weighted by atomic mass is 16.5. The highest BCUT2D eigenvalue weighted by Crippen LogP contribution is 2.28. The molecule has 0 unspecified atom stereocenters. The topological polar surface area (TPSA) is 84.7 Å². The van der Waals surface area contributed by atoms with Crippen LogP contribution in [0.15, 0.2) is 42.6 Å². The third kappa shape index (κ3) is 3.45. The van der Waals surface area contributed by atoms with Gasteiger partial charge in [0.05, 0.1) is 12.8 Å². The van der Waals surface area contributed by atoms with Gasteiger partial charge in [-0.1, -0.05) is 6.07 Å². The first-order valence-corrected chi connectivity index (χ1v) is 7.69. The number of ether oxygens (including phenoxy) is 1. The number of aromatic nitrogens is 2. The van der Waals surface area contributed by atoms with Crippen molar-refractivity contribution < 1.29 is 14.3 Å². The van der Waals surface area contributed by atoms with Crippen LogP contribution in [0.25, 0.3) is 5.65 Å². The molecule has 128 valence electrons. The second-order valence-corrected chi connectivity index (χ2v) is 5.57. The fourth-order valence-electron chi connectivity index (χ4n) is 2.53. The standard InChI is InChI=1S/C18H18N4O3/c1-11-5-4-6-17-20-15(10-22(11)17)18(24)21-14-9-13(19-12(2)23)7-8-16(14)25-3/h4-10H,1-3H3,(H,19,23)(H,21,24). The van der Waals surface area contributed by atoms with Crippen molar-refractivity contribution >= 4 is 28.8 Å². The van der Waals surface area contributed by atoms with Crippen molar-refractivity contribution in [1.82, 2.24) is 9.38 Å². The van der Waals surface area contributed by atoms with E-state index in [-0.39, 0.29) is 11.8 Å². The Morgan fingerprint density at radius 3 is 2.64 bits per heavy atom. The maximum absolute atomic E-state index is 12.6. The average molecular weight is 338 g/mol. The summed E-state index contributed by atoms with van der Waals surface area (Å²) < 4.78 is 7.11. The van der Waals surface area contributed by atoms with Gasteiger partial charge in [0.1, 0.15) is 17.1 Å². The van der Waals surface area contributed by atoms with Crippen LogP contribution in [-0.4, -0.2) is 28.3 Å². The van der Waals surface area contributed by atoms with Gasteiger partial charge in [-0.3, -0.25) is 9.59 Å². The number of nitrogens with zero attached hydrogens (tertiary/aromatic N) is 2. The third-order valence-corrected chi connectivity index (χ3v) is 3.70. The van der Waals surface area contributed by atoms with E-state index in [2.05, 4.69) is 15.6 Å². The van der Waals surface area contributed by atoms with E-state index < -0.39 is 0 Å². The Morgan fingerprint density at radius 1 is 1.16 bits per heavy atom. The van der Waals surface area contributed by atoms with Gasteiger partial charge in [0.25, 0.3) is 5.91 Å². The summed E-state index contributed by atoms with van der Waals surface area (Å²) >= 11 is 0. The largest absolute Gasteiger partial charge is 0.495 e. The minimum absolute atomic E-state index is 0.196. The molecule has 25 heavy (non-hydrogen) atoms. The molecule has 2 amide bonds. The zero-order chi connectivity index (χ0) is 18.0. The molecule has 0 spiro atoms. The Labute approximate surface area is 144 Å². The zero-order valence-electron chi connectivity index (χ0n) is 14.2. The van der Waals surface area contributed by atoms with Crippen LogP contribution in [0.2, 0.25) is 0 Å². The molecule has 0 bridgehead atoms. The summed E-state index contributed by atoms with van der Waals surface area (Å²) in [6.07, 6.45) is 1.68. The third-order valence-electron chi connectivity index (χ3n) is 3.70. The number of rotatable bonds is 4. The summed E-state index contributed by atoms with van der Waals surface area (Å²) in [5.41, 5.74) is 2.99. The number of pyridine rings is 1. The number of anilines is 2. The summed E-state index contributed by atoms with van der Waals surface area (Å²) in [5, 5.41) is 5.45. The predicted molar refractivity (Wildman–Crippen MR) is 95.2 cm³/mol. The molecule has 0 saturated carbocycles. The van der Waals surface area contributed by atoms with Crippen LogP contribution in [0.4, 0.5) is 11.4 Å². The number of hydrogen-bond donors (Lipinski definition) is 2. The smallest absolute Gasteiger partial charge is 0.275 e. The number of amides is 2. The van der Waals surface area contributed by atoms with E-state index in [0.717, 1.165) is 5.69 Å². The number of imidazole rings is 1. The second-order valence-electron chi connectivity index (χ2n) is 5.57. The van der Waals surface area contributed by atoms with Gasteiger partial charge in [-0.05, 0) is 37.3 Å². The van der Waals surface area contributed by atoms with E-state index in [1.54, 1.807) is 24.4 Å². The van der Waals surface area contributed by atoms with Gasteiger partial charge in [0, 0.05) is 24.5 Å². The molecule has 1 aromatic carbocycles. The summed E-state index contributed by atoms with van der Waals surface area (Å²) in [4.78, 5) is 28.1. The van der Waals surface area contributed by atoms with Crippen LogP contribution in [0.3, 0.4) is 0 Å². The molecule has 2 aromatic heterocycles. The number of fused-ring (bicyclic) bond motifs is 1. The molecule has 0 aliphatic rings. The summed E-state index contributed by atoms with van der Waals surface area (Å²) in [6.45, 7) is 3.36. The first-order valence-electron chi connectivity index (χ1n) is 7.69. The van der Waals surface area contributed by atoms with Crippen LogP contribution in [0.1, 0.15) is 23.1 Å². The quantitative estimate of drug-likeness (QED) is 0.766. The van der Waals surface area contributed by atoms with Gasteiger partial charge in [0.2, 0.25) is 5.91 Å². The SMILES string of the molecule is COc1ccc(NC(C)=O)cc1NC(=O)c1cn2c(C)cccc2n1. The normalized spacial score (nSPS) is 10.5. The Kier molecular flexibility index (Phi) is 4.38. The van der Waals surface area contributed by atoms with Crippen molar-refractivity contribution in [2.24, 2.45) is 0 Å². The monoisotopic (exact) mass is 338 g/mol. The Hall–Kier alpha value is -3.35. The van der Waals surface area contributed by atoms with E-state index in [9.17, 15) is 9.59 Å². The van der Waals surface area contributed by atoms with Gasteiger partial charge < -0.3 is 19.8 Å². The van der Waals surface area contributed by atoms with Crippen LogP contribution in [0, 0.1) is 6.92 Å². The van der Waals surface area contributed by atoms with E-state index >= 15 is 0 Å². The highest BCUT2D eigenvalue weighted by Gasteiger charge is 2.14. The van der Waals surface area contributed by atoms with E-state index in [1.807, 2.05) is 29.5 Å². The predicted octanol–water partition coefficient (Wildman–Crippen LogP) is 2.86. The van der Waals surface area contributed by atoms with Crippen molar-refractivity contribution in [3.8, 4) is 5.75 Å². The molecule has 3 rings (SSSR count). The Balaban J connectivity index is 1.90. The number of methoxy groups -OCH3 is 1.